The number of aromatic nitrogens is 1. The second kappa shape index (κ2) is 4.54. The number of carbonyl (C=O) groups is 1. The average molecular weight is 278 g/mol. The van der Waals surface area contributed by atoms with Crippen LogP contribution < -0.4 is 4.90 Å². The van der Waals surface area contributed by atoms with Crippen molar-refractivity contribution in [2.24, 2.45) is 5.41 Å². The standard InChI is InChI=1S/C16H26N2O2/c1-15(2,3)10-8-17-12-11(16(4,5)6)9-18(13(10)12)14(19)20-7/h8,11,17H,9H2,1-7H3. The molecule has 0 saturated carbocycles. The molecule has 0 spiro atoms. The van der Waals surface area contributed by atoms with Crippen LogP contribution in [0.3, 0.4) is 0 Å². The molecule has 2 heterocycles. The highest BCUT2D eigenvalue weighted by Gasteiger charge is 2.43. The molecule has 20 heavy (non-hydrogen) atoms. The Kier molecular flexibility index (Phi) is 3.39. The van der Waals surface area contributed by atoms with Gasteiger partial charge in [0.15, 0.2) is 0 Å². The lowest BCUT2D eigenvalue weighted by atomic mass is 9.79. The number of anilines is 1. The SMILES string of the molecule is COC(=O)N1CC(C(C)(C)C)c2[nH]cc(C(C)(C)C)c21. The fraction of sp³-hybridized carbons (Fsp3) is 0.688. The van der Waals surface area contributed by atoms with Crippen molar-refractivity contribution in [1.29, 1.82) is 0 Å². The van der Waals surface area contributed by atoms with Crippen molar-refractivity contribution in [2.75, 3.05) is 18.6 Å². The largest absolute Gasteiger partial charge is 0.452 e. The van der Waals surface area contributed by atoms with Gasteiger partial charge in [-0.25, -0.2) is 4.79 Å². The smallest absolute Gasteiger partial charge is 0.414 e. The van der Waals surface area contributed by atoms with E-state index in [0.717, 1.165) is 11.4 Å². The summed E-state index contributed by atoms with van der Waals surface area (Å²) >= 11 is 0. The number of nitrogens with zero attached hydrogens (tertiary/aromatic N) is 1. The number of H-pyrrole nitrogens is 1. The first-order valence-electron chi connectivity index (χ1n) is 7.14. The van der Waals surface area contributed by atoms with Crippen LogP contribution in [0.1, 0.15) is 58.7 Å². The van der Waals surface area contributed by atoms with Crippen LogP contribution in [0.4, 0.5) is 10.5 Å². The number of ether oxygens (including phenoxy) is 1. The molecule has 0 bridgehead atoms. The molecule has 112 valence electrons. The Bertz CT molecular complexity index is 518. The van der Waals surface area contributed by atoms with Crippen LogP contribution in [-0.2, 0) is 10.2 Å². The average Bonchev–Trinajstić information content (AvgIpc) is 2.83. The molecule has 0 fully saturated rings. The second-order valence-corrected chi connectivity index (χ2v) is 7.71. The van der Waals surface area contributed by atoms with Crippen molar-refractivity contribution in [3.8, 4) is 0 Å². The van der Waals surface area contributed by atoms with E-state index in [-0.39, 0.29) is 16.9 Å². The van der Waals surface area contributed by atoms with E-state index in [9.17, 15) is 4.79 Å². The molecule has 1 aliphatic rings. The summed E-state index contributed by atoms with van der Waals surface area (Å²) in [5.74, 6) is 0.299. The number of hydrogen-bond donors (Lipinski definition) is 1. The Morgan fingerprint density at radius 1 is 1.30 bits per heavy atom. The summed E-state index contributed by atoms with van der Waals surface area (Å²) in [6.07, 6.45) is 1.77. The Labute approximate surface area is 121 Å². The predicted molar refractivity (Wildman–Crippen MR) is 81.4 cm³/mol. The van der Waals surface area contributed by atoms with Gasteiger partial charge in [0.2, 0.25) is 0 Å². The number of carbonyl (C=O) groups excluding carboxylic acids is 1. The van der Waals surface area contributed by atoms with E-state index in [1.54, 1.807) is 4.90 Å². The third kappa shape index (κ3) is 2.32. The number of methoxy groups -OCH3 is 1. The van der Waals surface area contributed by atoms with Crippen molar-refractivity contribution in [3.05, 3.63) is 17.5 Å². The first kappa shape index (κ1) is 14.9. The Morgan fingerprint density at radius 3 is 2.35 bits per heavy atom. The van der Waals surface area contributed by atoms with Crippen LogP contribution in [0.5, 0.6) is 0 Å². The van der Waals surface area contributed by atoms with E-state index in [1.165, 1.54) is 12.7 Å². The van der Waals surface area contributed by atoms with E-state index in [4.69, 9.17) is 4.74 Å². The Morgan fingerprint density at radius 2 is 1.90 bits per heavy atom. The lowest BCUT2D eigenvalue weighted by molar-refractivity contribution is 0.177. The second-order valence-electron chi connectivity index (χ2n) is 7.71. The van der Waals surface area contributed by atoms with Crippen LogP contribution in [0.25, 0.3) is 0 Å². The number of amides is 1. The van der Waals surface area contributed by atoms with E-state index < -0.39 is 0 Å². The summed E-state index contributed by atoms with van der Waals surface area (Å²) in [5.41, 5.74) is 3.43. The van der Waals surface area contributed by atoms with Gasteiger partial charge < -0.3 is 9.72 Å². The number of aromatic amines is 1. The summed E-state index contributed by atoms with van der Waals surface area (Å²) in [4.78, 5) is 17.3. The third-order valence-corrected chi connectivity index (χ3v) is 4.11. The highest BCUT2D eigenvalue weighted by Crippen LogP contribution is 2.49. The minimum absolute atomic E-state index is 0.0108. The van der Waals surface area contributed by atoms with Gasteiger partial charge >= 0.3 is 6.09 Å². The fourth-order valence-electron chi connectivity index (χ4n) is 2.91. The van der Waals surface area contributed by atoms with Crippen LogP contribution in [0, 0.1) is 5.41 Å². The van der Waals surface area contributed by atoms with Crippen molar-refractivity contribution in [1.82, 2.24) is 4.98 Å². The molecule has 1 aromatic heterocycles. The fourth-order valence-corrected chi connectivity index (χ4v) is 2.91. The Balaban J connectivity index is 2.56. The topological polar surface area (TPSA) is 45.3 Å². The van der Waals surface area contributed by atoms with Gasteiger partial charge in [0.25, 0.3) is 0 Å². The van der Waals surface area contributed by atoms with Crippen molar-refractivity contribution in [2.45, 2.75) is 52.9 Å². The van der Waals surface area contributed by atoms with Gasteiger partial charge in [0.1, 0.15) is 0 Å². The number of rotatable bonds is 0. The number of fused-ring (bicyclic) bond motifs is 1. The summed E-state index contributed by atoms with van der Waals surface area (Å²) in [6, 6.07) is 0. The maximum Gasteiger partial charge on any atom is 0.414 e. The van der Waals surface area contributed by atoms with E-state index >= 15 is 0 Å². The molecule has 0 aliphatic carbocycles. The molecular formula is C16H26N2O2. The normalized spacial score (nSPS) is 19.1. The van der Waals surface area contributed by atoms with Gasteiger partial charge in [0.05, 0.1) is 12.8 Å². The molecule has 1 unspecified atom stereocenters. The lowest BCUT2D eigenvalue weighted by Crippen LogP contribution is -2.33. The summed E-state index contributed by atoms with van der Waals surface area (Å²) in [7, 11) is 1.44. The highest BCUT2D eigenvalue weighted by atomic mass is 16.5. The van der Waals surface area contributed by atoms with Crippen LogP contribution in [0.15, 0.2) is 6.20 Å². The molecular weight excluding hydrogens is 252 g/mol. The maximum atomic E-state index is 12.1. The minimum Gasteiger partial charge on any atom is -0.452 e. The molecule has 1 amide bonds. The monoisotopic (exact) mass is 278 g/mol. The first-order chi connectivity index (χ1) is 9.07. The zero-order valence-corrected chi connectivity index (χ0v) is 13.6. The molecule has 4 nitrogen and oxygen atoms in total. The van der Waals surface area contributed by atoms with Crippen molar-refractivity contribution in [3.63, 3.8) is 0 Å². The molecule has 4 heteroatoms. The van der Waals surface area contributed by atoms with Gasteiger partial charge in [-0.1, -0.05) is 41.5 Å². The van der Waals surface area contributed by atoms with Gasteiger partial charge in [0, 0.05) is 24.4 Å². The van der Waals surface area contributed by atoms with Gasteiger partial charge in [-0.15, -0.1) is 0 Å². The molecule has 1 atom stereocenters. The van der Waals surface area contributed by atoms with E-state index in [1.807, 2.05) is 6.20 Å². The first-order valence-corrected chi connectivity index (χ1v) is 7.14. The van der Waals surface area contributed by atoms with Crippen molar-refractivity contribution >= 4 is 11.8 Å². The van der Waals surface area contributed by atoms with Crippen LogP contribution in [0.2, 0.25) is 0 Å². The molecule has 0 aromatic carbocycles. The zero-order valence-electron chi connectivity index (χ0n) is 13.6. The summed E-state index contributed by atoms with van der Waals surface area (Å²) < 4.78 is 4.96. The molecule has 0 saturated heterocycles. The molecule has 0 radical (unpaired) electrons. The maximum absolute atomic E-state index is 12.1. The van der Waals surface area contributed by atoms with Crippen LogP contribution in [-0.4, -0.2) is 24.7 Å². The molecule has 1 N–H and O–H groups in total. The lowest BCUT2D eigenvalue weighted by Gasteiger charge is -2.27. The molecule has 1 aromatic rings. The van der Waals surface area contributed by atoms with Crippen LogP contribution >= 0.6 is 0 Å². The Hall–Kier alpha value is -1.45. The third-order valence-electron chi connectivity index (χ3n) is 4.11. The summed E-state index contributed by atoms with van der Waals surface area (Å²) in [5, 5.41) is 0. The number of nitrogens with one attached hydrogen (secondary N) is 1. The van der Waals surface area contributed by atoms with Gasteiger partial charge in [-0.3, -0.25) is 4.90 Å². The van der Waals surface area contributed by atoms with E-state index in [0.29, 0.717) is 12.5 Å². The summed E-state index contributed by atoms with van der Waals surface area (Å²) in [6.45, 7) is 13.8. The molecule has 1 aliphatic heterocycles. The van der Waals surface area contributed by atoms with Crippen molar-refractivity contribution < 1.29 is 9.53 Å². The highest BCUT2D eigenvalue weighted by molar-refractivity contribution is 5.92. The van der Waals surface area contributed by atoms with E-state index in [2.05, 4.69) is 46.5 Å². The quantitative estimate of drug-likeness (QED) is 0.778. The van der Waals surface area contributed by atoms with Gasteiger partial charge in [-0.05, 0) is 16.4 Å². The van der Waals surface area contributed by atoms with Gasteiger partial charge in [-0.2, -0.15) is 0 Å². The number of hydrogen-bond acceptors (Lipinski definition) is 2. The molecule has 2 rings (SSSR count). The minimum atomic E-state index is -0.275. The predicted octanol–water partition coefficient (Wildman–Crippen LogP) is 4.03. The zero-order chi connectivity index (χ0) is 15.3.